The summed E-state index contributed by atoms with van der Waals surface area (Å²) in [6.07, 6.45) is 0. The van der Waals surface area contributed by atoms with E-state index in [0.717, 1.165) is 16.9 Å². The molecule has 0 aliphatic carbocycles. The van der Waals surface area contributed by atoms with Crippen LogP contribution in [0.15, 0.2) is 24.3 Å². The van der Waals surface area contributed by atoms with Gasteiger partial charge in [-0.2, -0.15) is 0 Å². The molecule has 0 radical (unpaired) electrons. The van der Waals surface area contributed by atoms with Gasteiger partial charge in [-0.1, -0.05) is 26.0 Å². The first-order valence-electron chi connectivity index (χ1n) is 7.47. The molecule has 1 amide bonds. The highest BCUT2D eigenvalue weighted by Gasteiger charge is 2.23. The molecule has 0 saturated heterocycles. The van der Waals surface area contributed by atoms with Crippen molar-refractivity contribution < 1.29 is 14.7 Å². The smallest absolute Gasteiger partial charge is 0.326 e. The number of carboxylic acid groups (broad SMARTS) is 1. The van der Waals surface area contributed by atoms with Crippen molar-refractivity contribution in [3.05, 3.63) is 30.1 Å². The van der Waals surface area contributed by atoms with Gasteiger partial charge in [0.2, 0.25) is 5.91 Å². The summed E-state index contributed by atoms with van der Waals surface area (Å²) in [4.78, 5) is 30.8. The van der Waals surface area contributed by atoms with Crippen LogP contribution in [0.4, 0.5) is 0 Å². The molecule has 1 aromatic carbocycles. The summed E-state index contributed by atoms with van der Waals surface area (Å²) in [7, 11) is 0. The Balaban J connectivity index is 1.91. The molecule has 0 aliphatic rings. The molecular formula is C16H21N3O3S. The Kier molecular flexibility index (Phi) is 5.65. The van der Waals surface area contributed by atoms with Gasteiger partial charge in [0.1, 0.15) is 11.9 Å². The Bertz CT molecular complexity index is 666. The second-order valence-corrected chi connectivity index (χ2v) is 7.05. The Morgan fingerprint density at radius 2 is 2.00 bits per heavy atom. The molecule has 1 heterocycles. The van der Waals surface area contributed by atoms with E-state index in [1.807, 2.05) is 31.2 Å². The van der Waals surface area contributed by atoms with Gasteiger partial charge in [-0.3, -0.25) is 4.79 Å². The predicted molar refractivity (Wildman–Crippen MR) is 91.4 cm³/mol. The number of hydrogen-bond acceptors (Lipinski definition) is 4. The minimum absolute atomic E-state index is 0.00970. The summed E-state index contributed by atoms with van der Waals surface area (Å²) in [5.41, 5.74) is 1.86. The minimum Gasteiger partial charge on any atom is -0.480 e. The number of amides is 1. The monoisotopic (exact) mass is 335 g/mol. The molecule has 6 nitrogen and oxygen atoms in total. The third kappa shape index (κ3) is 4.48. The van der Waals surface area contributed by atoms with Gasteiger partial charge < -0.3 is 15.4 Å². The number of aromatic nitrogens is 2. The van der Waals surface area contributed by atoms with Crippen LogP contribution < -0.4 is 5.32 Å². The van der Waals surface area contributed by atoms with Crippen molar-refractivity contribution >= 4 is 34.7 Å². The summed E-state index contributed by atoms with van der Waals surface area (Å²) >= 11 is 1.42. The van der Waals surface area contributed by atoms with E-state index in [4.69, 9.17) is 5.11 Å². The Morgan fingerprint density at radius 1 is 1.30 bits per heavy atom. The number of nitrogens with one attached hydrogen (secondary N) is 2. The van der Waals surface area contributed by atoms with Crippen molar-refractivity contribution in [1.29, 1.82) is 0 Å². The van der Waals surface area contributed by atoms with Crippen LogP contribution in [0.2, 0.25) is 0 Å². The molecule has 0 fully saturated rings. The number of rotatable bonds is 7. The molecule has 0 bridgehead atoms. The van der Waals surface area contributed by atoms with E-state index in [2.05, 4.69) is 15.3 Å². The first-order chi connectivity index (χ1) is 10.9. The molecular weight excluding hydrogens is 314 g/mol. The SMILES string of the molecule is CC(SCC(=O)N[C@H](C(=O)O)C(C)C)c1nc2ccccc2[nH]1. The minimum atomic E-state index is -1.01. The average Bonchev–Trinajstić information content (AvgIpc) is 2.93. The van der Waals surface area contributed by atoms with Crippen LogP contribution in [0.1, 0.15) is 31.8 Å². The lowest BCUT2D eigenvalue weighted by Crippen LogP contribution is -2.45. The van der Waals surface area contributed by atoms with Gasteiger partial charge in [0.25, 0.3) is 0 Å². The van der Waals surface area contributed by atoms with E-state index >= 15 is 0 Å². The zero-order valence-corrected chi connectivity index (χ0v) is 14.2. The van der Waals surface area contributed by atoms with E-state index in [1.165, 1.54) is 11.8 Å². The molecule has 1 unspecified atom stereocenters. The first-order valence-corrected chi connectivity index (χ1v) is 8.51. The van der Waals surface area contributed by atoms with E-state index in [0.29, 0.717) is 0 Å². The van der Waals surface area contributed by atoms with Crippen LogP contribution in [-0.4, -0.2) is 38.7 Å². The molecule has 124 valence electrons. The number of carboxylic acids is 1. The molecule has 2 rings (SSSR count). The second-order valence-electron chi connectivity index (χ2n) is 5.72. The fraction of sp³-hybridized carbons (Fsp3) is 0.438. The highest BCUT2D eigenvalue weighted by Crippen LogP contribution is 2.27. The van der Waals surface area contributed by atoms with Crippen LogP contribution in [0.25, 0.3) is 11.0 Å². The maximum absolute atomic E-state index is 11.9. The highest BCUT2D eigenvalue weighted by molar-refractivity contribution is 8.00. The maximum Gasteiger partial charge on any atom is 0.326 e. The number of nitrogens with zero attached hydrogens (tertiary/aromatic N) is 1. The zero-order valence-electron chi connectivity index (χ0n) is 13.4. The van der Waals surface area contributed by atoms with Crippen molar-refractivity contribution in [2.75, 3.05) is 5.75 Å². The highest BCUT2D eigenvalue weighted by atomic mass is 32.2. The maximum atomic E-state index is 11.9. The zero-order chi connectivity index (χ0) is 17.0. The molecule has 3 N–H and O–H groups in total. The van der Waals surface area contributed by atoms with Gasteiger partial charge in [-0.05, 0) is 25.0 Å². The second kappa shape index (κ2) is 7.50. The number of carbonyl (C=O) groups is 2. The lowest BCUT2D eigenvalue weighted by molar-refractivity contribution is -0.142. The van der Waals surface area contributed by atoms with Crippen molar-refractivity contribution in [3.63, 3.8) is 0 Å². The van der Waals surface area contributed by atoms with Gasteiger partial charge in [0.05, 0.1) is 22.0 Å². The number of carbonyl (C=O) groups excluding carboxylic acids is 1. The van der Waals surface area contributed by atoms with Crippen molar-refractivity contribution in [1.82, 2.24) is 15.3 Å². The van der Waals surface area contributed by atoms with Gasteiger partial charge in [0.15, 0.2) is 0 Å². The molecule has 0 spiro atoms. The van der Waals surface area contributed by atoms with Gasteiger partial charge >= 0.3 is 5.97 Å². The summed E-state index contributed by atoms with van der Waals surface area (Å²) < 4.78 is 0. The molecule has 1 aromatic heterocycles. The molecule has 0 saturated carbocycles. The number of hydrogen-bond donors (Lipinski definition) is 3. The summed E-state index contributed by atoms with van der Waals surface area (Å²) in [5, 5.41) is 11.7. The van der Waals surface area contributed by atoms with E-state index < -0.39 is 12.0 Å². The predicted octanol–water partition coefficient (Wildman–Crippen LogP) is 2.58. The average molecular weight is 335 g/mol. The largest absolute Gasteiger partial charge is 0.480 e. The van der Waals surface area contributed by atoms with Crippen LogP contribution >= 0.6 is 11.8 Å². The number of aromatic amines is 1. The van der Waals surface area contributed by atoms with E-state index in [9.17, 15) is 9.59 Å². The lowest BCUT2D eigenvalue weighted by atomic mass is 10.1. The van der Waals surface area contributed by atoms with Gasteiger partial charge in [-0.25, -0.2) is 9.78 Å². The third-order valence-electron chi connectivity index (χ3n) is 3.51. The number of thioether (sulfide) groups is 1. The Labute approximate surface area is 139 Å². The Hall–Kier alpha value is -2.02. The van der Waals surface area contributed by atoms with Gasteiger partial charge in [-0.15, -0.1) is 11.8 Å². The van der Waals surface area contributed by atoms with E-state index in [-0.39, 0.29) is 22.8 Å². The van der Waals surface area contributed by atoms with Crippen LogP contribution in [0.5, 0.6) is 0 Å². The van der Waals surface area contributed by atoms with Crippen molar-refractivity contribution in [3.8, 4) is 0 Å². The fourth-order valence-electron chi connectivity index (χ4n) is 2.17. The normalized spacial score (nSPS) is 13.9. The molecule has 2 aromatic rings. The Morgan fingerprint density at radius 3 is 2.61 bits per heavy atom. The van der Waals surface area contributed by atoms with Crippen LogP contribution in [0, 0.1) is 5.92 Å². The number of benzene rings is 1. The van der Waals surface area contributed by atoms with E-state index in [1.54, 1.807) is 13.8 Å². The van der Waals surface area contributed by atoms with Crippen LogP contribution in [-0.2, 0) is 9.59 Å². The summed E-state index contributed by atoms with van der Waals surface area (Å²) in [5.74, 6) is -0.450. The summed E-state index contributed by atoms with van der Waals surface area (Å²) in [6.45, 7) is 5.50. The molecule has 7 heteroatoms. The number of H-pyrrole nitrogens is 1. The summed E-state index contributed by atoms with van der Waals surface area (Å²) in [6, 6.07) is 6.89. The van der Waals surface area contributed by atoms with Gasteiger partial charge in [0, 0.05) is 0 Å². The molecule has 0 aliphatic heterocycles. The fourth-order valence-corrected chi connectivity index (χ4v) is 2.93. The standard InChI is InChI=1S/C16H21N3O3S/c1-9(2)14(16(21)22)19-13(20)8-23-10(3)15-17-11-6-4-5-7-12(11)18-15/h4-7,9-10,14H,8H2,1-3H3,(H,17,18)(H,19,20)(H,21,22)/t10?,14-/m0/s1. The number of aliphatic carboxylic acids is 1. The quantitative estimate of drug-likeness (QED) is 0.723. The van der Waals surface area contributed by atoms with Crippen molar-refractivity contribution in [2.24, 2.45) is 5.92 Å². The number of fused-ring (bicyclic) bond motifs is 1. The molecule has 2 atom stereocenters. The van der Waals surface area contributed by atoms with Crippen LogP contribution in [0.3, 0.4) is 0 Å². The number of para-hydroxylation sites is 2. The topological polar surface area (TPSA) is 95.1 Å². The third-order valence-corrected chi connectivity index (χ3v) is 4.66. The lowest BCUT2D eigenvalue weighted by Gasteiger charge is -2.18. The first kappa shape index (κ1) is 17.3. The molecule has 23 heavy (non-hydrogen) atoms. The number of imidazole rings is 1. The van der Waals surface area contributed by atoms with Crippen molar-refractivity contribution in [2.45, 2.75) is 32.1 Å².